The molecule has 1 atom stereocenters. The molecule has 1 fully saturated rings. The van der Waals surface area contributed by atoms with Crippen LogP contribution in [0.1, 0.15) is 24.3 Å². The summed E-state index contributed by atoms with van der Waals surface area (Å²) in [5.41, 5.74) is 2.17. The van der Waals surface area contributed by atoms with E-state index in [4.69, 9.17) is 4.98 Å². The first-order valence-electron chi connectivity index (χ1n) is 7.73. The number of rotatable bonds is 4. The van der Waals surface area contributed by atoms with Crippen molar-refractivity contribution in [3.63, 3.8) is 0 Å². The number of hydrogen-bond donors (Lipinski definition) is 1. The molecule has 1 aliphatic heterocycles. The van der Waals surface area contributed by atoms with Crippen LogP contribution in [0.15, 0.2) is 35.7 Å². The van der Waals surface area contributed by atoms with Gasteiger partial charge in [0, 0.05) is 18.0 Å². The number of thiazole rings is 1. The second-order valence-corrected chi connectivity index (χ2v) is 6.53. The van der Waals surface area contributed by atoms with E-state index in [2.05, 4.69) is 27.7 Å². The molecular weight excluding hydrogens is 294 g/mol. The summed E-state index contributed by atoms with van der Waals surface area (Å²) in [5, 5.41) is 5.96. The van der Waals surface area contributed by atoms with Gasteiger partial charge < -0.3 is 5.32 Å². The lowest BCUT2D eigenvalue weighted by Gasteiger charge is -2.33. The SMILES string of the molecule is CNC(=O)C1CCCCN1Cc1nc(-c2ccccc2)cs1. The van der Waals surface area contributed by atoms with Gasteiger partial charge in [-0.1, -0.05) is 36.8 Å². The predicted molar refractivity (Wildman–Crippen MR) is 89.7 cm³/mol. The number of aromatic nitrogens is 1. The molecule has 2 aromatic rings. The summed E-state index contributed by atoms with van der Waals surface area (Å²) in [6, 6.07) is 10.2. The van der Waals surface area contributed by atoms with E-state index in [1.807, 2.05) is 18.2 Å². The maximum atomic E-state index is 12.0. The van der Waals surface area contributed by atoms with Gasteiger partial charge in [0.05, 0.1) is 18.3 Å². The smallest absolute Gasteiger partial charge is 0.237 e. The van der Waals surface area contributed by atoms with Crippen LogP contribution in [0.3, 0.4) is 0 Å². The van der Waals surface area contributed by atoms with Crippen LogP contribution in [0.25, 0.3) is 11.3 Å². The number of carbonyl (C=O) groups excluding carboxylic acids is 1. The van der Waals surface area contributed by atoms with Crippen molar-refractivity contribution in [1.29, 1.82) is 0 Å². The molecule has 2 heterocycles. The summed E-state index contributed by atoms with van der Waals surface area (Å²) in [5.74, 6) is 0.125. The summed E-state index contributed by atoms with van der Waals surface area (Å²) < 4.78 is 0. The zero-order valence-electron chi connectivity index (χ0n) is 12.8. The summed E-state index contributed by atoms with van der Waals surface area (Å²) in [7, 11) is 1.71. The van der Waals surface area contributed by atoms with Gasteiger partial charge in [-0.3, -0.25) is 9.69 Å². The van der Waals surface area contributed by atoms with Gasteiger partial charge in [0.25, 0.3) is 0 Å². The van der Waals surface area contributed by atoms with E-state index in [0.29, 0.717) is 0 Å². The minimum Gasteiger partial charge on any atom is -0.358 e. The van der Waals surface area contributed by atoms with Crippen molar-refractivity contribution in [2.75, 3.05) is 13.6 Å². The minimum atomic E-state index is -0.0113. The van der Waals surface area contributed by atoms with Gasteiger partial charge in [0.2, 0.25) is 5.91 Å². The molecule has 1 saturated heterocycles. The quantitative estimate of drug-likeness (QED) is 0.943. The Morgan fingerprint density at radius 1 is 1.36 bits per heavy atom. The molecule has 1 unspecified atom stereocenters. The van der Waals surface area contributed by atoms with Crippen molar-refractivity contribution in [3.05, 3.63) is 40.7 Å². The number of benzene rings is 1. The molecular formula is C17H21N3OS. The Labute approximate surface area is 135 Å². The van der Waals surface area contributed by atoms with E-state index < -0.39 is 0 Å². The van der Waals surface area contributed by atoms with Gasteiger partial charge in [-0.05, 0) is 19.4 Å². The maximum absolute atomic E-state index is 12.0. The van der Waals surface area contributed by atoms with Crippen LogP contribution >= 0.6 is 11.3 Å². The standard InChI is InChI=1S/C17H21N3OS/c1-18-17(21)15-9-5-6-10-20(15)11-16-19-14(12-22-16)13-7-3-2-4-8-13/h2-4,7-8,12,15H,5-6,9-11H2,1H3,(H,18,21). The number of likely N-dealkylation sites (N-methyl/N-ethyl adjacent to an activating group) is 1. The van der Waals surface area contributed by atoms with Gasteiger partial charge in [-0.15, -0.1) is 11.3 Å². The number of piperidine rings is 1. The Morgan fingerprint density at radius 2 is 2.18 bits per heavy atom. The topological polar surface area (TPSA) is 45.2 Å². The van der Waals surface area contributed by atoms with Crippen LogP contribution in [0, 0.1) is 0 Å². The van der Waals surface area contributed by atoms with E-state index in [1.165, 1.54) is 0 Å². The molecule has 22 heavy (non-hydrogen) atoms. The fourth-order valence-electron chi connectivity index (χ4n) is 2.94. The molecule has 0 bridgehead atoms. The first-order chi connectivity index (χ1) is 10.8. The van der Waals surface area contributed by atoms with E-state index in [1.54, 1.807) is 18.4 Å². The van der Waals surface area contributed by atoms with Gasteiger partial charge in [-0.25, -0.2) is 4.98 Å². The van der Waals surface area contributed by atoms with E-state index in [9.17, 15) is 4.79 Å². The summed E-state index contributed by atoms with van der Waals surface area (Å²) in [6.07, 6.45) is 3.22. The van der Waals surface area contributed by atoms with Crippen LogP contribution in [0.4, 0.5) is 0 Å². The van der Waals surface area contributed by atoms with E-state index in [-0.39, 0.29) is 11.9 Å². The first kappa shape index (κ1) is 15.2. The molecule has 116 valence electrons. The normalized spacial score (nSPS) is 19.0. The number of nitrogens with one attached hydrogen (secondary N) is 1. The Balaban J connectivity index is 1.72. The average Bonchev–Trinajstić information content (AvgIpc) is 3.04. The highest BCUT2D eigenvalue weighted by atomic mass is 32.1. The molecule has 4 nitrogen and oxygen atoms in total. The number of carbonyl (C=O) groups is 1. The third-order valence-electron chi connectivity index (χ3n) is 4.12. The number of hydrogen-bond acceptors (Lipinski definition) is 4. The molecule has 1 N–H and O–H groups in total. The molecule has 0 aliphatic carbocycles. The Kier molecular flexibility index (Phi) is 4.85. The predicted octanol–water partition coefficient (Wildman–Crippen LogP) is 2.91. The third-order valence-corrected chi connectivity index (χ3v) is 4.96. The number of amides is 1. The van der Waals surface area contributed by atoms with Crippen molar-refractivity contribution >= 4 is 17.2 Å². The maximum Gasteiger partial charge on any atom is 0.237 e. The van der Waals surface area contributed by atoms with Crippen LogP contribution in [0.5, 0.6) is 0 Å². The Bertz CT molecular complexity index is 626. The average molecular weight is 315 g/mol. The molecule has 1 aromatic heterocycles. The molecule has 0 radical (unpaired) electrons. The summed E-state index contributed by atoms with van der Waals surface area (Å²) in [4.78, 5) is 19.0. The van der Waals surface area contributed by atoms with Crippen molar-refractivity contribution < 1.29 is 4.79 Å². The van der Waals surface area contributed by atoms with Crippen molar-refractivity contribution in [1.82, 2.24) is 15.2 Å². The van der Waals surface area contributed by atoms with Gasteiger partial charge in [0.1, 0.15) is 5.01 Å². The van der Waals surface area contributed by atoms with Crippen LogP contribution in [0.2, 0.25) is 0 Å². The first-order valence-corrected chi connectivity index (χ1v) is 8.61. The van der Waals surface area contributed by atoms with Crippen molar-refractivity contribution in [2.24, 2.45) is 0 Å². The lowest BCUT2D eigenvalue weighted by molar-refractivity contribution is -0.127. The lowest BCUT2D eigenvalue weighted by Crippen LogP contribution is -2.48. The second kappa shape index (κ2) is 7.03. The summed E-state index contributed by atoms with van der Waals surface area (Å²) in [6.45, 7) is 1.73. The highest BCUT2D eigenvalue weighted by Gasteiger charge is 2.28. The van der Waals surface area contributed by atoms with Gasteiger partial charge in [-0.2, -0.15) is 0 Å². The molecule has 3 rings (SSSR count). The van der Waals surface area contributed by atoms with Gasteiger partial charge >= 0.3 is 0 Å². The third kappa shape index (κ3) is 3.36. The Hall–Kier alpha value is -1.72. The molecule has 0 spiro atoms. The van der Waals surface area contributed by atoms with E-state index in [0.717, 1.165) is 48.6 Å². The molecule has 1 aliphatic rings. The Morgan fingerprint density at radius 3 is 2.95 bits per heavy atom. The fraction of sp³-hybridized carbons (Fsp3) is 0.412. The molecule has 5 heteroatoms. The number of likely N-dealkylation sites (tertiary alicyclic amines) is 1. The molecule has 1 amide bonds. The largest absolute Gasteiger partial charge is 0.358 e. The zero-order chi connectivity index (χ0) is 15.4. The van der Waals surface area contributed by atoms with Crippen molar-refractivity contribution in [2.45, 2.75) is 31.8 Å². The number of nitrogens with zero attached hydrogens (tertiary/aromatic N) is 2. The molecule has 1 aromatic carbocycles. The van der Waals surface area contributed by atoms with E-state index >= 15 is 0 Å². The fourth-order valence-corrected chi connectivity index (χ4v) is 3.77. The highest BCUT2D eigenvalue weighted by molar-refractivity contribution is 7.09. The molecule has 0 saturated carbocycles. The van der Waals surface area contributed by atoms with Crippen LogP contribution < -0.4 is 5.32 Å². The monoisotopic (exact) mass is 315 g/mol. The minimum absolute atomic E-state index is 0.0113. The summed E-state index contributed by atoms with van der Waals surface area (Å²) >= 11 is 1.67. The van der Waals surface area contributed by atoms with Crippen molar-refractivity contribution in [3.8, 4) is 11.3 Å². The van der Waals surface area contributed by atoms with Crippen LogP contribution in [-0.4, -0.2) is 35.4 Å². The lowest BCUT2D eigenvalue weighted by atomic mass is 10.0. The zero-order valence-corrected chi connectivity index (χ0v) is 13.6. The second-order valence-electron chi connectivity index (χ2n) is 5.59. The van der Waals surface area contributed by atoms with Crippen LogP contribution in [-0.2, 0) is 11.3 Å². The van der Waals surface area contributed by atoms with Gasteiger partial charge in [0.15, 0.2) is 0 Å². The highest BCUT2D eigenvalue weighted by Crippen LogP contribution is 2.25.